The molecule has 13 heteroatoms. The van der Waals surface area contributed by atoms with Crippen LogP contribution in [0, 0.1) is 0 Å². The molecule has 4 rings (SSSR count). The van der Waals surface area contributed by atoms with Crippen molar-refractivity contribution >= 4 is 23.9 Å². The Morgan fingerprint density at radius 1 is 0.977 bits per heavy atom. The molecular weight excluding hydrogens is 568 g/mol. The lowest BCUT2D eigenvalue weighted by Crippen LogP contribution is -2.55. The number of piperazine rings is 1. The van der Waals surface area contributed by atoms with Crippen LogP contribution < -0.4 is 5.32 Å². The lowest BCUT2D eigenvalue weighted by Gasteiger charge is -2.35. The van der Waals surface area contributed by atoms with E-state index in [1.54, 1.807) is 61.8 Å². The molecule has 13 nitrogen and oxygen atoms in total. The monoisotopic (exact) mass is 606 g/mol. The maximum Gasteiger partial charge on any atom is 0.527 e. The van der Waals surface area contributed by atoms with E-state index in [0.717, 1.165) is 11.1 Å². The molecule has 2 amide bonds. The number of hydroxylamine groups is 2. The number of hydrogen-bond donors (Lipinski definition) is 1. The van der Waals surface area contributed by atoms with Crippen LogP contribution in [0.15, 0.2) is 60.9 Å². The van der Waals surface area contributed by atoms with E-state index in [9.17, 15) is 19.2 Å². The fourth-order valence-electron chi connectivity index (χ4n) is 4.57. The number of nitrogens with zero attached hydrogens (tertiary/aromatic N) is 5. The number of carbonyl (C=O) groups is 4. The van der Waals surface area contributed by atoms with Gasteiger partial charge < -0.3 is 24.5 Å². The molecular formula is C31H38N6O7. The molecule has 1 fully saturated rings. The van der Waals surface area contributed by atoms with E-state index in [1.807, 2.05) is 36.4 Å². The predicted octanol–water partition coefficient (Wildman–Crippen LogP) is 3.39. The highest BCUT2D eigenvalue weighted by Crippen LogP contribution is 2.23. The Balaban J connectivity index is 1.54. The summed E-state index contributed by atoms with van der Waals surface area (Å²) in [7, 11) is 0. The molecule has 234 valence electrons. The van der Waals surface area contributed by atoms with Crippen molar-refractivity contribution in [3.05, 3.63) is 66.6 Å². The Kier molecular flexibility index (Phi) is 10.7. The van der Waals surface area contributed by atoms with E-state index < -0.39 is 29.7 Å². The zero-order valence-electron chi connectivity index (χ0n) is 25.4. The molecule has 1 atom stereocenters. The van der Waals surface area contributed by atoms with Gasteiger partial charge in [0.05, 0.1) is 19.7 Å². The average molecular weight is 607 g/mol. The summed E-state index contributed by atoms with van der Waals surface area (Å²) in [5.41, 5.74) is 1.00. The maximum absolute atomic E-state index is 13.7. The normalized spacial score (nSPS) is 14.4. The van der Waals surface area contributed by atoms with Gasteiger partial charge in [-0.1, -0.05) is 30.3 Å². The van der Waals surface area contributed by atoms with Crippen molar-refractivity contribution in [2.75, 3.05) is 32.8 Å². The van der Waals surface area contributed by atoms with E-state index in [0.29, 0.717) is 5.82 Å². The third kappa shape index (κ3) is 9.11. The number of hydrogen-bond acceptors (Lipinski definition) is 10. The van der Waals surface area contributed by atoms with Gasteiger partial charge in [-0.05, 0) is 63.4 Å². The first-order valence-corrected chi connectivity index (χ1v) is 14.5. The zero-order chi connectivity index (χ0) is 31.7. The summed E-state index contributed by atoms with van der Waals surface area (Å²) in [6.07, 6.45) is 2.45. The molecule has 1 N–H and O–H groups in total. The molecule has 1 aliphatic heterocycles. The fourth-order valence-corrected chi connectivity index (χ4v) is 4.57. The van der Waals surface area contributed by atoms with Gasteiger partial charge in [0, 0.05) is 31.9 Å². The molecule has 0 radical (unpaired) electrons. The van der Waals surface area contributed by atoms with Gasteiger partial charge in [-0.25, -0.2) is 14.5 Å². The van der Waals surface area contributed by atoms with E-state index >= 15 is 0 Å². The van der Waals surface area contributed by atoms with Crippen LogP contribution in [0.25, 0.3) is 16.9 Å². The summed E-state index contributed by atoms with van der Waals surface area (Å²) in [5.74, 6) is -1.01. The van der Waals surface area contributed by atoms with Gasteiger partial charge in [0.15, 0.2) is 5.82 Å². The van der Waals surface area contributed by atoms with Crippen molar-refractivity contribution in [2.45, 2.75) is 52.2 Å². The number of pyridine rings is 1. The number of benzene rings is 1. The van der Waals surface area contributed by atoms with Crippen molar-refractivity contribution in [3.8, 4) is 16.9 Å². The SMILES string of the molecule is CCOC(=O)ON1CCN(C(=O)[C@H](CCC(=O)OC(C)(C)C)NC(=O)c2cc(-c3ccccc3)cc(-n3cccn3)n2)CC1. The number of amides is 2. The molecule has 44 heavy (non-hydrogen) atoms. The van der Waals surface area contributed by atoms with Gasteiger partial charge >= 0.3 is 12.1 Å². The Morgan fingerprint density at radius 3 is 2.34 bits per heavy atom. The largest absolute Gasteiger partial charge is 0.527 e. The maximum atomic E-state index is 13.7. The second kappa shape index (κ2) is 14.6. The van der Waals surface area contributed by atoms with Gasteiger partial charge in [0.25, 0.3) is 5.91 Å². The molecule has 0 saturated carbocycles. The van der Waals surface area contributed by atoms with Gasteiger partial charge in [0.1, 0.15) is 17.3 Å². The van der Waals surface area contributed by atoms with Crippen molar-refractivity contribution in [2.24, 2.45) is 0 Å². The summed E-state index contributed by atoms with van der Waals surface area (Å²) in [6.45, 7) is 8.13. The van der Waals surface area contributed by atoms with Gasteiger partial charge in [-0.15, -0.1) is 5.06 Å². The van der Waals surface area contributed by atoms with E-state index in [-0.39, 0.29) is 57.2 Å². The minimum Gasteiger partial charge on any atom is -0.460 e. The van der Waals surface area contributed by atoms with Gasteiger partial charge in [0.2, 0.25) is 5.91 Å². The second-order valence-corrected chi connectivity index (χ2v) is 11.1. The Labute approximate surface area is 256 Å². The number of aromatic nitrogens is 3. The Hall–Kier alpha value is -4.78. The predicted molar refractivity (Wildman–Crippen MR) is 159 cm³/mol. The van der Waals surface area contributed by atoms with Crippen molar-refractivity contribution in [1.29, 1.82) is 0 Å². The van der Waals surface area contributed by atoms with Crippen LogP contribution in [0.1, 0.15) is 51.0 Å². The number of carbonyl (C=O) groups excluding carboxylic acids is 4. The summed E-state index contributed by atoms with van der Waals surface area (Å²) >= 11 is 0. The zero-order valence-corrected chi connectivity index (χ0v) is 25.4. The standard InChI is InChI=1S/C31H38N6O7/c1-5-42-30(41)44-36-18-16-35(17-19-36)29(40)24(12-13-27(38)43-31(2,3)4)34-28(39)25-20-23(22-10-7-6-8-11-22)21-26(33-25)37-15-9-14-32-37/h6-11,14-15,20-21,24H,5,12-13,16-19H2,1-4H3,(H,34,39)/t24-/m0/s1. The van der Waals surface area contributed by atoms with Crippen LogP contribution in [0.4, 0.5) is 4.79 Å². The lowest BCUT2D eigenvalue weighted by molar-refractivity contribution is -0.158. The minimum atomic E-state index is -1.04. The summed E-state index contributed by atoms with van der Waals surface area (Å²) in [4.78, 5) is 62.9. The molecule has 1 saturated heterocycles. The molecule has 0 bridgehead atoms. The van der Waals surface area contributed by atoms with Crippen molar-refractivity contribution < 1.29 is 33.5 Å². The number of rotatable bonds is 10. The highest BCUT2D eigenvalue weighted by atomic mass is 16.8. The molecule has 0 unspecified atom stereocenters. The first-order valence-electron chi connectivity index (χ1n) is 14.5. The van der Waals surface area contributed by atoms with E-state index in [4.69, 9.17) is 14.3 Å². The highest BCUT2D eigenvalue weighted by molar-refractivity contribution is 5.97. The quantitative estimate of drug-likeness (QED) is 0.341. The van der Waals surface area contributed by atoms with Gasteiger partial charge in [-0.2, -0.15) is 5.10 Å². The van der Waals surface area contributed by atoms with Crippen LogP contribution in [0.5, 0.6) is 0 Å². The molecule has 0 spiro atoms. The van der Waals surface area contributed by atoms with Gasteiger partial charge in [-0.3, -0.25) is 14.4 Å². The lowest BCUT2D eigenvalue weighted by atomic mass is 10.0. The van der Waals surface area contributed by atoms with E-state index in [2.05, 4.69) is 15.4 Å². The molecule has 1 aliphatic rings. The van der Waals surface area contributed by atoms with Crippen LogP contribution in [0.3, 0.4) is 0 Å². The van der Waals surface area contributed by atoms with Crippen LogP contribution >= 0.6 is 0 Å². The summed E-state index contributed by atoms with van der Waals surface area (Å²) in [6, 6.07) is 13.7. The third-order valence-corrected chi connectivity index (χ3v) is 6.57. The average Bonchev–Trinajstić information content (AvgIpc) is 3.54. The molecule has 2 aromatic heterocycles. The minimum absolute atomic E-state index is 0.0173. The molecule has 3 heterocycles. The highest BCUT2D eigenvalue weighted by Gasteiger charge is 2.31. The fraction of sp³-hybridized carbons (Fsp3) is 0.419. The van der Waals surface area contributed by atoms with E-state index in [1.165, 1.54) is 5.06 Å². The summed E-state index contributed by atoms with van der Waals surface area (Å²) < 4.78 is 11.8. The van der Waals surface area contributed by atoms with Crippen LogP contribution in [0.2, 0.25) is 0 Å². The first kappa shape index (κ1) is 32.1. The molecule has 3 aromatic rings. The topological polar surface area (TPSA) is 145 Å². The second-order valence-electron chi connectivity index (χ2n) is 11.1. The van der Waals surface area contributed by atoms with Crippen LogP contribution in [-0.4, -0.2) is 93.1 Å². The van der Waals surface area contributed by atoms with Crippen molar-refractivity contribution in [1.82, 2.24) is 30.0 Å². The number of nitrogens with one attached hydrogen (secondary N) is 1. The number of ether oxygens (including phenoxy) is 2. The van der Waals surface area contributed by atoms with Crippen molar-refractivity contribution in [3.63, 3.8) is 0 Å². The third-order valence-electron chi connectivity index (χ3n) is 6.57. The Morgan fingerprint density at radius 2 is 1.70 bits per heavy atom. The molecule has 0 aliphatic carbocycles. The first-order chi connectivity index (χ1) is 21.0. The number of esters is 1. The smallest absolute Gasteiger partial charge is 0.460 e. The Bertz CT molecular complexity index is 1430. The van der Waals surface area contributed by atoms with Crippen LogP contribution in [-0.2, 0) is 23.9 Å². The summed E-state index contributed by atoms with van der Waals surface area (Å²) in [5, 5.41) is 8.48. The molecule has 1 aromatic carbocycles.